The largest absolute Gasteiger partial charge is 0.504 e. The minimum atomic E-state index is -4.40. The quantitative estimate of drug-likeness (QED) is 0.319. The van der Waals surface area contributed by atoms with Crippen LogP contribution >= 0.6 is 0 Å². The molecule has 9 heteroatoms. The molecular formula is C16H12N2O6S. The van der Waals surface area contributed by atoms with Gasteiger partial charge in [-0.2, -0.15) is 8.42 Å². The third kappa shape index (κ3) is 3.10. The van der Waals surface area contributed by atoms with Gasteiger partial charge >= 0.3 is 0 Å². The van der Waals surface area contributed by atoms with Gasteiger partial charge in [-0.3, -0.25) is 4.55 Å². The van der Waals surface area contributed by atoms with E-state index >= 15 is 0 Å². The van der Waals surface area contributed by atoms with E-state index in [1.165, 1.54) is 24.3 Å². The first-order valence-electron chi connectivity index (χ1n) is 6.94. The molecule has 25 heavy (non-hydrogen) atoms. The van der Waals surface area contributed by atoms with Gasteiger partial charge in [-0.15, -0.1) is 10.2 Å². The highest BCUT2D eigenvalue weighted by molar-refractivity contribution is 7.86. The summed E-state index contributed by atoms with van der Waals surface area (Å²) in [5.74, 6) is -1.86. The van der Waals surface area contributed by atoms with Crippen LogP contribution in [0, 0.1) is 0 Å². The molecule has 3 aromatic carbocycles. The molecule has 3 rings (SSSR count). The second-order valence-corrected chi connectivity index (χ2v) is 6.49. The minimum Gasteiger partial charge on any atom is -0.504 e. The van der Waals surface area contributed by atoms with Crippen LogP contribution in [0.4, 0.5) is 11.4 Å². The fourth-order valence-electron chi connectivity index (χ4n) is 2.32. The van der Waals surface area contributed by atoms with Gasteiger partial charge in [0.1, 0.15) is 10.6 Å². The number of phenolic OH excluding ortho intramolecular Hbond substituents is 3. The van der Waals surface area contributed by atoms with Crippen molar-refractivity contribution in [2.24, 2.45) is 10.2 Å². The Hall–Kier alpha value is -3.17. The predicted octanol–water partition coefficient (Wildman–Crippen LogP) is 3.62. The first kappa shape index (κ1) is 16.7. The fraction of sp³-hybridized carbons (Fsp3) is 0. The number of benzene rings is 3. The Labute approximate surface area is 142 Å². The summed E-state index contributed by atoms with van der Waals surface area (Å²) in [5.41, 5.74) is 0.202. The molecule has 0 saturated carbocycles. The Bertz CT molecular complexity index is 1110. The minimum absolute atomic E-state index is 0.0850. The zero-order valence-electron chi connectivity index (χ0n) is 12.5. The average Bonchev–Trinajstić information content (AvgIpc) is 2.57. The van der Waals surface area contributed by atoms with Crippen molar-refractivity contribution in [1.82, 2.24) is 0 Å². The second-order valence-electron chi connectivity index (χ2n) is 5.10. The van der Waals surface area contributed by atoms with E-state index in [4.69, 9.17) is 0 Å². The van der Waals surface area contributed by atoms with Gasteiger partial charge in [0, 0.05) is 10.8 Å². The van der Waals surface area contributed by atoms with Gasteiger partial charge in [-0.1, -0.05) is 24.3 Å². The van der Waals surface area contributed by atoms with Crippen LogP contribution in [0.3, 0.4) is 0 Å². The lowest BCUT2D eigenvalue weighted by Gasteiger charge is -2.06. The molecule has 3 aromatic rings. The summed E-state index contributed by atoms with van der Waals surface area (Å²) in [7, 11) is -4.40. The molecule has 0 spiro atoms. The normalized spacial score (nSPS) is 12.0. The summed E-state index contributed by atoms with van der Waals surface area (Å²) in [6.07, 6.45) is 0. The SMILES string of the molecule is O=S(=O)(O)c1cccc2c(N=Nc3ccc(O)c(O)c3O)cccc12. The van der Waals surface area contributed by atoms with E-state index in [1.807, 2.05) is 0 Å². The van der Waals surface area contributed by atoms with Gasteiger partial charge in [-0.05, 0) is 24.3 Å². The second kappa shape index (κ2) is 6.04. The first-order valence-corrected chi connectivity index (χ1v) is 8.38. The summed E-state index contributed by atoms with van der Waals surface area (Å²) in [4.78, 5) is -0.257. The van der Waals surface area contributed by atoms with Gasteiger partial charge in [-0.25, -0.2) is 0 Å². The highest BCUT2D eigenvalue weighted by Gasteiger charge is 2.15. The molecule has 0 aliphatic rings. The molecular weight excluding hydrogens is 348 g/mol. The maximum atomic E-state index is 11.5. The molecule has 0 amide bonds. The van der Waals surface area contributed by atoms with E-state index in [9.17, 15) is 28.3 Å². The van der Waals surface area contributed by atoms with Crippen molar-refractivity contribution in [2.75, 3.05) is 0 Å². The van der Waals surface area contributed by atoms with Crippen LogP contribution in [0.25, 0.3) is 10.8 Å². The lowest BCUT2D eigenvalue weighted by Crippen LogP contribution is -1.98. The average molecular weight is 360 g/mol. The molecule has 0 bridgehead atoms. The number of nitrogens with zero attached hydrogens (tertiary/aromatic N) is 2. The van der Waals surface area contributed by atoms with Crippen molar-refractivity contribution in [3.8, 4) is 17.2 Å². The van der Waals surface area contributed by atoms with Crippen LogP contribution in [-0.2, 0) is 10.1 Å². The molecule has 0 heterocycles. The summed E-state index contributed by atoms with van der Waals surface area (Å²) in [6.45, 7) is 0. The number of azo groups is 1. The Kier molecular flexibility index (Phi) is 4.03. The monoisotopic (exact) mass is 360 g/mol. The van der Waals surface area contributed by atoms with Gasteiger partial charge in [0.15, 0.2) is 11.5 Å². The van der Waals surface area contributed by atoms with Crippen molar-refractivity contribution < 1.29 is 28.3 Å². The van der Waals surface area contributed by atoms with Gasteiger partial charge in [0.25, 0.3) is 10.1 Å². The Morgan fingerprint density at radius 3 is 2.08 bits per heavy atom. The molecule has 0 aliphatic heterocycles. The topological polar surface area (TPSA) is 140 Å². The summed E-state index contributed by atoms with van der Waals surface area (Å²) >= 11 is 0. The lowest BCUT2D eigenvalue weighted by atomic mass is 10.1. The van der Waals surface area contributed by atoms with E-state index < -0.39 is 27.4 Å². The third-order valence-corrected chi connectivity index (χ3v) is 4.42. The van der Waals surface area contributed by atoms with Crippen molar-refractivity contribution >= 4 is 32.3 Å². The molecule has 0 aliphatic carbocycles. The van der Waals surface area contributed by atoms with Crippen LogP contribution < -0.4 is 0 Å². The van der Waals surface area contributed by atoms with Crippen molar-refractivity contribution in [2.45, 2.75) is 4.90 Å². The van der Waals surface area contributed by atoms with Gasteiger partial charge in [0.05, 0.1) is 5.69 Å². The maximum absolute atomic E-state index is 11.5. The molecule has 8 nitrogen and oxygen atoms in total. The molecule has 128 valence electrons. The molecule has 0 fully saturated rings. The van der Waals surface area contributed by atoms with Gasteiger partial charge < -0.3 is 15.3 Å². The zero-order chi connectivity index (χ0) is 18.2. The maximum Gasteiger partial charge on any atom is 0.295 e. The van der Waals surface area contributed by atoms with E-state index in [0.29, 0.717) is 5.39 Å². The van der Waals surface area contributed by atoms with E-state index in [1.54, 1.807) is 18.2 Å². The summed E-state index contributed by atoms with van der Waals surface area (Å²) in [6, 6.07) is 11.3. The molecule has 0 aromatic heterocycles. The number of aromatic hydroxyl groups is 3. The summed E-state index contributed by atoms with van der Waals surface area (Å²) < 4.78 is 32.2. The number of phenols is 3. The number of fused-ring (bicyclic) bond motifs is 1. The first-order chi connectivity index (χ1) is 11.8. The van der Waals surface area contributed by atoms with Crippen molar-refractivity contribution in [1.29, 1.82) is 0 Å². The van der Waals surface area contributed by atoms with Crippen LogP contribution in [0.1, 0.15) is 0 Å². The number of hydrogen-bond donors (Lipinski definition) is 4. The summed E-state index contributed by atoms with van der Waals surface area (Å²) in [5, 5.41) is 37.0. The van der Waals surface area contributed by atoms with Crippen LogP contribution in [-0.4, -0.2) is 28.3 Å². The van der Waals surface area contributed by atoms with E-state index in [0.717, 1.165) is 6.07 Å². The molecule has 4 N–H and O–H groups in total. The van der Waals surface area contributed by atoms with Crippen molar-refractivity contribution in [3.05, 3.63) is 48.5 Å². The zero-order valence-corrected chi connectivity index (χ0v) is 13.3. The Morgan fingerprint density at radius 2 is 1.36 bits per heavy atom. The highest BCUT2D eigenvalue weighted by atomic mass is 32.2. The molecule has 0 atom stereocenters. The smallest absolute Gasteiger partial charge is 0.295 e. The standard InChI is InChI=1S/C16H12N2O6S/c19-13-8-7-12(15(20)16(13)21)18-17-11-5-1-4-10-9(11)3-2-6-14(10)25(22,23)24/h1-8,19-21H,(H,22,23,24). The van der Waals surface area contributed by atoms with Crippen molar-refractivity contribution in [3.63, 3.8) is 0 Å². The Balaban J connectivity index is 2.13. The molecule has 0 radical (unpaired) electrons. The predicted molar refractivity (Wildman–Crippen MR) is 89.4 cm³/mol. The van der Waals surface area contributed by atoms with E-state index in [2.05, 4.69) is 10.2 Å². The van der Waals surface area contributed by atoms with E-state index in [-0.39, 0.29) is 21.7 Å². The molecule has 0 unspecified atom stereocenters. The number of hydrogen-bond acceptors (Lipinski definition) is 7. The number of rotatable bonds is 3. The highest BCUT2D eigenvalue weighted by Crippen LogP contribution is 2.42. The molecule has 0 saturated heterocycles. The van der Waals surface area contributed by atoms with Crippen LogP contribution in [0.15, 0.2) is 63.7 Å². The Morgan fingerprint density at radius 1 is 0.720 bits per heavy atom. The fourth-order valence-corrected chi connectivity index (χ4v) is 3.03. The third-order valence-electron chi connectivity index (χ3n) is 3.51. The van der Waals surface area contributed by atoms with Gasteiger partial charge in [0.2, 0.25) is 5.75 Å². The van der Waals surface area contributed by atoms with Crippen LogP contribution in [0.2, 0.25) is 0 Å². The lowest BCUT2D eigenvalue weighted by molar-refractivity contribution is 0.368. The van der Waals surface area contributed by atoms with Crippen LogP contribution in [0.5, 0.6) is 17.2 Å².